The summed E-state index contributed by atoms with van der Waals surface area (Å²) in [5, 5.41) is 3.17. The molecule has 4 aromatic rings. The zero-order chi connectivity index (χ0) is 19.3. The van der Waals surface area contributed by atoms with Crippen LogP contribution in [0.5, 0.6) is 5.88 Å². The predicted molar refractivity (Wildman–Crippen MR) is 101 cm³/mol. The molecule has 3 aromatic heterocycles. The lowest BCUT2D eigenvalue weighted by Gasteiger charge is -2.08. The average Bonchev–Trinajstić information content (AvgIpc) is 3.24. The zero-order valence-corrected chi connectivity index (χ0v) is 14.7. The van der Waals surface area contributed by atoms with Crippen LogP contribution < -0.4 is 15.6 Å². The van der Waals surface area contributed by atoms with Gasteiger partial charge in [0, 0.05) is 18.8 Å². The van der Waals surface area contributed by atoms with Crippen LogP contribution in [0, 0.1) is 0 Å². The van der Waals surface area contributed by atoms with Crippen molar-refractivity contribution in [3.8, 4) is 5.88 Å². The third-order valence-corrected chi connectivity index (χ3v) is 4.02. The Bertz CT molecular complexity index is 1170. The van der Waals surface area contributed by atoms with Crippen molar-refractivity contribution in [1.82, 2.24) is 20.3 Å². The maximum atomic E-state index is 12.4. The minimum Gasteiger partial charge on any atom is -0.469 e. The number of amides is 1. The summed E-state index contributed by atoms with van der Waals surface area (Å²) in [5.41, 5.74) is 0.906. The first kappa shape index (κ1) is 17.5. The van der Waals surface area contributed by atoms with Gasteiger partial charge in [0.05, 0.1) is 17.2 Å². The molecule has 0 spiro atoms. The van der Waals surface area contributed by atoms with Crippen molar-refractivity contribution in [1.29, 1.82) is 0 Å². The molecule has 0 aliphatic rings. The van der Waals surface area contributed by atoms with Crippen LogP contribution >= 0.6 is 0 Å². The number of hydrogen-bond acceptors (Lipinski definition) is 6. The molecule has 3 heterocycles. The first-order valence-electron chi connectivity index (χ1n) is 8.56. The van der Waals surface area contributed by atoms with E-state index < -0.39 is 5.91 Å². The minimum absolute atomic E-state index is 0.0351. The molecule has 1 amide bonds. The summed E-state index contributed by atoms with van der Waals surface area (Å²) < 4.78 is 10.8. The lowest BCUT2D eigenvalue weighted by Crippen LogP contribution is -2.27. The number of furan rings is 1. The summed E-state index contributed by atoms with van der Waals surface area (Å²) >= 11 is 0. The van der Waals surface area contributed by atoms with E-state index in [0.29, 0.717) is 22.5 Å². The predicted octanol–water partition coefficient (Wildman–Crippen LogP) is 2.42. The summed E-state index contributed by atoms with van der Waals surface area (Å²) in [4.78, 5) is 35.3. The van der Waals surface area contributed by atoms with Crippen molar-refractivity contribution in [2.75, 3.05) is 0 Å². The summed E-state index contributed by atoms with van der Waals surface area (Å²) in [6.07, 6.45) is 3.17. The van der Waals surface area contributed by atoms with Crippen molar-refractivity contribution in [3.63, 3.8) is 0 Å². The number of carbonyl (C=O) groups excluding carboxylic acids is 1. The molecule has 140 valence electrons. The van der Waals surface area contributed by atoms with Gasteiger partial charge in [-0.25, -0.2) is 9.97 Å². The number of H-pyrrole nitrogens is 1. The molecule has 0 aliphatic heterocycles. The molecule has 8 heteroatoms. The molecule has 0 saturated heterocycles. The van der Waals surface area contributed by atoms with Crippen LogP contribution in [0.1, 0.15) is 21.9 Å². The smallest absolute Gasteiger partial charge is 0.287 e. The number of ether oxygens (including phenoxy) is 1. The Labute approximate surface area is 159 Å². The van der Waals surface area contributed by atoms with E-state index in [2.05, 4.69) is 20.3 Å². The number of pyridine rings is 1. The highest BCUT2D eigenvalue weighted by Gasteiger charge is 2.11. The van der Waals surface area contributed by atoms with Crippen LogP contribution in [0.15, 0.2) is 70.2 Å². The van der Waals surface area contributed by atoms with E-state index in [9.17, 15) is 9.59 Å². The van der Waals surface area contributed by atoms with E-state index in [1.165, 1.54) is 0 Å². The van der Waals surface area contributed by atoms with E-state index in [0.717, 1.165) is 5.56 Å². The van der Waals surface area contributed by atoms with E-state index in [4.69, 9.17) is 9.15 Å². The number of benzene rings is 1. The second-order valence-corrected chi connectivity index (χ2v) is 5.98. The van der Waals surface area contributed by atoms with E-state index in [-0.39, 0.29) is 24.5 Å². The standard InChI is InChI=1S/C20H16N4O4/c25-19-15-5-1-2-6-16(15)23-18(24-19)20(26)22-11-13-7-8-21-17(10-13)28-12-14-4-3-9-27-14/h1-10H,11-12H2,(H,22,26)(H,23,24,25). The maximum absolute atomic E-state index is 12.4. The average molecular weight is 376 g/mol. The molecular weight excluding hydrogens is 360 g/mol. The molecular formula is C20H16N4O4. The number of rotatable bonds is 6. The van der Waals surface area contributed by atoms with E-state index >= 15 is 0 Å². The normalized spacial score (nSPS) is 10.7. The molecule has 0 fully saturated rings. The third-order valence-electron chi connectivity index (χ3n) is 4.02. The summed E-state index contributed by atoms with van der Waals surface area (Å²) in [7, 11) is 0. The van der Waals surface area contributed by atoms with Crippen LogP contribution in [0.4, 0.5) is 0 Å². The monoisotopic (exact) mass is 376 g/mol. The molecule has 8 nitrogen and oxygen atoms in total. The highest BCUT2D eigenvalue weighted by Crippen LogP contribution is 2.12. The fraction of sp³-hybridized carbons (Fsp3) is 0.100. The largest absolute Gasteiger partial charge is 0.469 e. The molecule has 0 bridgehead atoms. The SMILES string of the molecule is O=C(NCc1ccnc(OCc2ccco2)c1)c1nc2ccccc2c(=O)[nH]1. The number of aromatic amines is 1. The van der Waals surface area contributed by atoms with Crippen molar-refractivity contribution < 1.29 is 13.9 Å². The molecule has 4 rings (SSSR count). The number of nitrogens with one attached hydrogen (secondary N) is 2. The summed E-state index contributed by atoms with van der Waals surface area (Å²) in [6, 6.07) is 13.9. The van der Waals surface area contributed by atoms with Gasteiger partial charge in [0.15, 0.2) is 5.82 Å². The van der Waals surface area contributed by atoms with Crippen LogP contribution in [0.25, 0.3) is 10.9 Å². The number of hydrogen-bond donors (Lipinski definition) is 2. The number of fused-ring (bicyclic) bond motifs is 1. The zero-order valence-electron chi connectivity index (χ0n) is 14.7. The van der Waals surface area contributed by atoms with Crippen LogP contribution in [0.2, 0.25) is 0 Å². The summed E-state index contributed by atoms with van der Waals surface area (Å²) in [5.74, 6) is 0.594. The Morgan fingerprint density at radius 1 is 1.18 bits per heavy atom. The van der Waals surface area contributed by atoms with Gasteiger partial charge in [-0.05, 0) is 35.9 Å². The van der Waals surface area contributed by atoms with Crippen molar-refractivity contribution in [3.05, 3.63) is 88.5 Å². The minimum atomic E-state index is -0.474. The second-order valence-electron chi connectivity index (χ2n) is 5.98. The maximum Gasteiger partial charge on any atom is 0.287 e. The number of carbonyl (C=O) groups is 1. The molecule has 0 radical (unpaired) electrons. The Balaban J connectivity index is 1.42. The third kappa shape index (κ3) is 3.90. The second kappa shape index (κ2) is 7.75. The molecule has 0 aliphatic carbocycles. The van der Waals surface area contributed by atoms with Crippen LogP contribution in [-0.2, 0) is 13.2 Å². The molecule has 2 N–H and O–H groups in total. The van der Waals surface area contributed by atoms with Gasteiger partial charge in [-0.3, -0.25) is 9.59 Å². The van der Waals surface area contributed by atoms with Gasteiger partial charge >= 0.3 is 0 Å². The Morgan fingerprint density at radius 3 is 2.93 bits per heavy atom. The fourth-order valence-electron chi connectivity index (χ4n) is 2.64. The lowest BCUT2D eigenvalue weighted by atomic mass is 10.2. The first-order chi connectivity index (χ1) is 13.7. The Hall–Kier alpha value is -3.94. The topological polar surface area (TPSA) is 110 Å². The van der Waals surface area contributed by atoms with Gasteiger partial charge in [-0.15, -0.1) is 0 Å². The van der Waals surface area contributed by atoms with Crippen LogP contribution in [0.3, 0.4) is 0 Å². The van der Waals surface area contributed by atoms with Gasteiger partial charge in [0.1, 0.15) is 12.4 Å². The lowest BCUT2D eigenvalue weighted by molar-refractivity contribution is 0.0940. The number of para-hydroxylation sites is 1. The van der Waals surface area contributed by atoms with Crippen LogP contribution in [-0.4, -0.2) is 20.9 Å². The number of aromatic nitrogens is 3. The first-order valence-corrected chi connectivity index (χ1v) is 8.56. The highest BCUT2D eigenvalue weighted by atomic mass is 16.5. The summed E-state index contributed by atoms with van der Waals surface area (Å²) in [6.45, 7) is 0.493. The van der Waals surface area contributed by atoms with Crippen molar-refractivity contribution in [2.24, 2.45) is 0 Å². The van der Waals surface area contributed by atoms with Gasteiger partial charge in [-0.2, -0.15) is 0 Å². The molecule has 0 saturated carbocycles. The van der Waals surface area contributed by atoms with Crippen molar-refractivity contribution >= 4 is 16.8 Å². The Morgan fingerprint density at radius 2 is 2.07 bits per heavy atom. The molecule has 28 heavy (non-hydrogen) atoms. The molecule has 0 unspecified atom stereocenters. The van der Waals surface area contributed by atoms with Gasteiger partial charge in [0.25, 0.3) is 11.5 Å². The van der Waals surface area contributed by atoms with Gasteiger partial charge in [-0.1, -0.05) is 12.1 Å². The van der Waals surface area contributed by atoms with Gasteiger partial charge < -0.3 is 19.5 Å². The van der Waals surface area contributed by atoms with E-state index in [1.807, 2.05) is 0 Å². The van der Waals surface area contributed by atoms with E-state index in [1.54, 1.807) is 61.0 Å². The highest BCUT2D eigenvalue weighted by molar-refractivity contribution is 5.92. The molecule has 0 atom stereocenters. The number of nitrogens with zero attached hydrogens (tertiary/aromatic N) is 2. The Kier molecular flexibility index (Phi) is 4.83. The van der Waals surface area contributed by atoms with Crippen molar-refractivity contribution in [2.45, 2.75) is 13.2 Å². The fourth-order valence-corrected chi connectivity index (χ4v) is 2.64. The quantitative estimate of drug-likeness (QED) is 0.535. The van der Waals surface area contributed by atoms with Gasteiger partial charge in [0.2, 0.25) is 5.88 Å². The molecule has 1 aromatic carbocycles.